The molecule has 0 saturated heterocycles. The Labute approximate surface area is 563 Å². The third-order valence-corrected chi connectivity index (χ3v) is 21.8. The highest BCUT2D eigenvalue weighted by atomic mass is 16.3. The van der Waals surface area contributed by atoms with Crippen molar-refractivity contribution in [3.05, 3.63) is 322 Å². The number of phenolic OH excluding ortho intramolecular Hbond substituents is 12. The molecule has 16 aromatic carbocycles. The first kappa shape index (κ1) is 57.2. The molecule has 0 amide bonds. The number of aromatic hydroxyl groups is 12. The molecule has 12 N–H and O–H groups in total. The van der Waals surface area contributed by atoms with Gasteiger partial charge in [-0.15, -0.1) is 0 Å². The molecule has 12 nitrogen and oxygen atoms in total. The first-order valence-corrected chi connectivity index (χ1v) is 32.3. The third kappa shape index (κ3) is 7.30. The molecule has 0 aliphatic heterocycles. The number of hydrogen-bond acceptors (Lipinski definition) is 12. The Morgan fingerprint density at radius 1 is 0.182 bits per heavy atom. The maximum atomic E-state index is 11.7. The summed E-state index contributed by atoms with van der Waals surface area (Å²) in [6, 6.07) is 79.9. The molecule has 0 radical (unpaired) electrons. The first-order chi connectivity index (χ1) is 48.0. The average molecular weight is 1290 g/mol. The van der Waals surface area contributed by atoms with E-state index in [4.69, 9.17) is 0 Å². The van der Waals surface area contributed by atoms with E-state index in [1.165, 1.54) is 36.4 Å². The van der Waals surface area contributed by atoms with Crippen molar-refractivity contribution in [2.24, 2.45) is 0 Å². The van der Waals surface area contributed by atoms with Gasteiger partial charge in [-0.1, -0.05) is 170 Å². The van der Waals surface area contributed by atoms with Gasteiger partial charge in [0.15, 0.2) is 69.0 Å². The largest absolute Gasteiger partial charge is 0.504 e. The number of phenols is 12. The van der Waals surface area contributed by atoms with Gasteiger partial charge in [0, 0.05) is 21.5 Å². The Morgan fingerprint density at radius 3 is 0.677 bits per heavy atom. The molecule has 0 fully saturated rings. The van der Waals surface area contributed by atoms with E-state index in [9.17, 15) is 61.3 Å². The summed E-state index contributed by atoms with van der Waals surface area (Å²) in [5.41, 5.74) is 10.2. The van der Waals surface area contributed by atoms with Crippen molar-refractivity contribution in [3.8, 4) is 102 Å². The van der Waals surface area contributed by atoms with E-state index in [-0.39, 0.29) is 69.0 Å². The molecule has 0 heterocycles. The Hall–Kier alpha value is -13.3. The van der Waals surface area contributed by atoms with Gasteiger partial charge in [-0.05, 0) is 228 Å². The van der Waals surface area contributed by atoms with Crippen LogP contribution in [0.25, 0.3) is 98.0 Å². The number of fused-ring (bicyclic) bond motifs is 18. The molecule has 0 saturated carbocycles. The molecule has 474 valence electrons. The summed E-state index contributed by atoms with van der Waals surface area (Å²) in [5, 5.41) is 143. The Balaban J connectivity index is 1.12. The van der Waals surface area contributed by atoms with Crippen LogP contribution in [0.2, 0.25) is 0 Å². The standard InChI is InChI=1S/C87H54O12/c88-67-29-15-45-33-53(21-25-57(45)81(67)96)85(51-19-13-43-39-71(92)73(94)41-49(43)37-51)64-10-4-1-7-61(64)75-78-76(62-8-2-5-11-65(62)86(78,52-20-14-44-40-72(93)74(95)42-50(44)38-52)54-22-26-58-46(34-54)16-30-68(89)82(58)97)80-77(79(75)85)63-9-3-6-12-66(63)87(80,55-23-27-59-47(35-55)17-31-69(90)83(59)98)56-24-28-60-48(36-56)18-32-70(91)84(60)99/h1-42,88-99H. The molecule has 2 atom stereocenters. The minimum Gasteiger partial charge on any atom is -0.504 e. The predicted octanol–water partition coefficient (Wildman–Crippen LogP) is 18.2. The smallest absolute Gasteiger partial charge is 0.165 e. The Kier molecular flexibility index (Phi) is 11.5. The molecule has 99 heavy (non-hydrogen) atoms. The number of hydrogen-bond donors (Lipinski definition) is 12. The minimum absolute atomic E-state index is 0.292. The molecule has 2 unspecified atom stereocenters. The van der Waals surface area contributed by atoms with E-state index in [1.54, 1.807) is 36.4 Å². The van der Waals surface area contributed by atoms with Crippen LogP contribution in [-0.2, 0) is 16.2 Å². The van der Waals surface area contributed by atoms with E-state index in [0.29, 0.717) is 64.6 Å². The molecular weight excluding hydrogens is 1240 g/mol. The van der Waals surface area contributed by atoms with Gasteiger partial charge in [0.2, 0.25) is 0 Å². The van der Waals surface area contributed by atoms with Crippen molar-refractivity contribution in [2.45, 2.75) is 16.2 Å². The zero-order valence-electron chi connectivity index (χ0n) is 52.1. The van der Waals surface area contributed by atoms with Crippen LogP contribution in [0, 0.1) is 0 Å². The van der Waals surface area contributed by atoms with E-state index < -0.39 is 16.2 Å². The quantitative estimate of drug-likeness (QED) is 0.0696. The van der Waals surface area contributed by atoms with Gasteiger partial charge in [-0.2, -0.15) is 0 Å². The SMILES string of the molecule is Oc1cc2ccc(C3(c4ccc5c(O)c(O)ccc5c4)c4ccccc4-c4c3c3c(c5c4C(c4ccc6cc(O)c(O)cc6c4)(c4ccc6c(O)c(O)ccc6c4)c4ccccc4-5)C(c4ccc5c(O)c(O)ccc5c4)(c4ccc5c(O)c(O)ccc5c4)c4ccccc4-3)cc2cc1O. The van der Waals surface area contributed by atoms with Gasteiger partial charge < -0.3 is 61.3 Å². The lowest BCUT2D eigenvalue weighted by atomic mass is 9.60. The van der Waals surface area contributed by atoms with Crippen molar-refractivity contribution < 1.29 is 61.3 Å². The lowest BCUT2D eigenvalue weighted by molar-refractivity contribution is 0.405. The first-order valence-electron chi connectivity index (χ1n) is 32.3. The van der Waals surface area contributed by atoms with Crippen LogP contribution in [0.1, 0.15) is 66.8 Å². The highest BCUT2D eigenvalue weighted by Crippen LogP contribution is 2.73. The van der Waals surface area contributed by atoms with Crippen molar-refractivity contribution in [3.63, 3.8) is 0 Å². The van der Waals surface area contributed by atoms with Gasteiger partial charge in [0.05, 0.1) is 16.2 Å². The fourth-order valence-electron chi connectivity index (χ4n) is 17.6. The summed E-state index contributed by atoms with van der Waals surface area (Å²) in [6.07, 6.45) is 0. The van der Waals surface area contributed by atoms with E-state index in [0.717, 1.165) is 100 Å². The van der Waals surface area contributed by atoms with E-state index >= 15 is 0 Å². The molecule has 16 aromatic rings. The van der Waals surface area contributed by atoms with Crippen LogP contribution < -0.4 is 0 Å². The van der Waals surface area contributed by atoms with Crippen molar-refractivity contribution in [1.82, 2.24) is 0 Å². The van der Waals surface area contributed by atoms with Crippen LogP contribution in [0.3, 0.4) is 0 Å². The summed E-state index contributed by atoms with van der Waals surface area (Å²) in [7, 11) is 0. The van der Waals surface area contributed by atoms with Gasteiger partial charge in [-0.3, -0.25) is 0 Å². The summed E-state index contributed by atoms with van der Waals surface area (Å²) in [4.78, 5) is 0. The second-order valence-corrected chi connectivity index (χ2v) is 26.4. The van der Waals surface area contributed by atoms with Gasteiger partial charge in [0.1, 0.15) is 0 Å². The maximum absolute atomic E-state index is 11.7. The summed E-state index contributed by atoms with van der Waals surface area (Å²) in [6.45, 7) is 0. The second-order valence-electron chi connectivity index (χ2n) is 26.4. The fourth-order valence-corrected chi connectivity index (χ4v) is 17.6. The van der Waals surface area contributed by atoms with Crippen LogP contribution in [-0.4, -0.2) is 61.3 Å². The minimum atomic E-state index is -1.43. The monoisotopic (exact) mass is 1290 g/mol. The molecule has 3 aliphatic rings. The van der Waals surface area contributed by atoms with Gasteiger partial charge in [-0.25, -0.2) is 0 Å². The normalized spacial score (nSPS) is 16.1. The van der Waals surface area contributed by atoms with Gasteiger partial charge in [0.25, 0.3) is 0 Å². The van der Waals surface area contributed by atoms with Crippen molar-refractivity contribution in [1.29, 1.82) is 0 Å². The molecule has 0 bridgehead atoms. The second kappa shape index (κ2) is 19.9. The molecular formula is C87H54O12. The topological polar surface area (TPSA) is 243 Å². The number of rotatable bonds is 6. The van der Waals surface area contributed by atoms with Crippen molar-refractivity contribution in [2.75, 3.05) is 0 Å². The molecule has 19 rings (SSSR count). The number of benzene rings is 16. The summed E-state index contributed by atoms with van der Waals surface area (Å²) in [5.74, 6) is -3.58. The van der Waals surface area contributed by atoms with Crippen LogP contribution in [0.4, 0.5) is 0 Å². The molecule has 0 spiro atoms. The lowest BCUT2D eigenvalue weighted by Crippen LogP contribution is -2.33. The van der Waals surface area contributed by atoms with Crippen LogP contribution >= 0.6 is 0 Å². The Morgan fingerprint density at radius 2 is 0.404 bits per heavy atom. The predicted molar refractivity (Wildman–Crippen MR) is 383 cm³/mol. The maximum Gasteiger partial charge on any atom is 0.165 e. The zero-order valence-corrected chi connectivity index (χ0v) is 52.1. The lowest BCUT2D eigenvalue weighted by Gasteiger charge is -2.40. The average Bonchev–Trinajstić information content (AvgIpc) is 1.47. The summed E-state index contributed by atoms with van der Waals surface area (Å²) >= 11 is 0. The highest BCUT2D eigenvalue weighted by molar-refractivity contribution is 6.11. The van der Waals surface area contributed by atoms with Crippen LogP contribution in [0.5, 0.6) is 69.0 Å². The molecule has 0 aromatic heterocycles. The highest BCUT2D eigenvalue weighted by Gasteiger charge is 2.61. The molecule has 12 heteroatoms. The third-order valence-electron chi connectivity index (χ3n) is 21.8. The summed E-state index contributed by atoms with van der Waals surface area (Å²) < 4.78 is 0. The van der Waals surface area contributed by atoms with E-state index in [2.05, 4.69) is 84.9 Å². The molecule has 3 aliphatic carbocycles. The van der Waals surface area contributed by atoms with Crippen molar-refractivity contribution >= 4 is 64.6 Å². The Bertz CT molecular complexity index is 5680. The zero-order chi connectivity index (χ0) is 67.4. The van der Waals surface area contributed by atoms with E-state index in [1.807, 2.05) is 97.1 Å². The van der Waals surface area contributed by atoms with Crippen LogP contribution in [0.15, 0.2) is 255 Å². The fraction of sp³-hybridized carbons (Fsp3) is 0.0345. The van der Waals surface area contributed by atoms with Gasteiger partial charge >= 0.3 is 0 Å².